The van der Waals surface area contributed by atoms with E-state index in [0.717, 1.165) is 49.4 Å². The Morgan fingerprint density at radius 1 is 1.10 bits per heavy atom. The number of carbonyl (C=O) groups is 1. The third-order valence-electron chi connectivity index (χ3n) is 5.69. The molecule has 21 heavy (non-hydrogen) atoms. The molecular weight excluding hydrogens is 284 g/mol. The van der Waals surface area contributed by atoms with Crippen LogP contribution in [0.3, 0.4) is 0 Å². The van der Waals surface area contributed by atoms with Gasteiger partial charge in [0.25, 0.3) is 0 Å². The first-order chi connectivity index (χ1) is 10.1. The lowest BCUT2D eigenvalue weighted by Crippen LogP contribution is -2.55. The fraction of sp³-hybridized carbons (Fsp3) is 0.938. The molecule has 2 aliphatic heterocycles. The highest BCUT2D eigenvalue weighted by Gasteiger charge is 2.39. The predicted octanol–water partition coefficient (Wildman–Crippen LogP) is 1.48. The zero-order valence-corrected chi connectivity index (χ0v) is 13.9. The van der Waals surface area contributed by atoms with E-state index in [1.165, 1.54) is 25.7 Å². The minimum Gasteiger partial charge on any atom is -0.338 e. The van der Waals surface area contributed by atoms with Gasteiger partial charge in [-0.1, -0.05) is 19.8 Å². The molecule has 1 aliphatic carbocycles. The monoisotopic (exact) mass is 312 g/mol. The van der Waals surface area contributed by atoms with E-state index in [1.807, 2.05) is 0 Å². The number of hydrogen-bond acceptors (Lipinski definition) is 3. The van der Waals surface area contributed by atoms with Crippen molar-refractivity contribution in [3.05, 3.63) is 0 Å². The van der Waals surface area contributed by atoms with Gasteiger partial charge < -0.3 is 4.90 Å². The summed E-state index contributed by atoms with van der Waals surface area (Å²) in [4.78, 5) is 17.1. The van der Waals surface area contributed by atoms with E-state index in [4.69, 9.17) is 0 Å². The SMILES string of the molecule is C[C@@H]1CCN(C(=O)CN2CCS(=O)CC2)[C@@H]2CCCC[C@@H]12. The third-order valence-corrected chi connectivity index (χ3v) is 6.96. The molecule has 2 heterocycles. The second-order valence-electron chi connectivity index (χ2n) is 6.99. The number of likely N-dealkylation sites (tertiary alicyclic amines) is 1. The molecule has 4 nitrogen and oxygen atoms in total. The summed E-state index contributed by atoms with van der Waals surface area (Å²) < 4.78 is 11.4. The van der Waals surface area contributed by atoms with E-state index in [0.29, 0.717) is 18.5 Å². The Balaban J connectivity index is 1.59. The van der Waals surface area contributed by atoms with Gasteiger partial charge in [-0.3, -0.25) is 13.9 Å². The van der Waals surface area contributed by atoms with Crippen LogP contribution in [-0.2, 0) is 15.6 Å². The molecule has 3 atom stereocenters. The molecule has 0 aromatic rings. The first-order valence-corrected chi connectivity index (χ1v) is 10.0. The van der Waals surface area contributed by atoms with Crippen LogP contribution in [-0.4, -0.2) is 63.6 Å². The topological polar surface area (TPSA) is 40.6 Å². The Morgan fingerprint density at radius 3 is 2.57 bits per heavy atom. The normalized spacial score (nSPS) is 35.5. The summed E-state index contributed by atoms with van der Waals surface area (Å²) in [6, 6.07) is 0.494. The first kappa shape index (κ1) is 15.5. The number of fused-ring (bicyclic) bond motifs is 1. The van der Waals surface area contributed by atoms with Crippen LogP contribution in [0, 0.1) is 11.8 Å². The summed E-state index contributed by atoms with van der Waals surface area (Å²) in [6.07, 6.45) is 6.28. The number of rotatable bonds is 2. The van der Waals surface area contributed by atoms with Crippen molar-refractivity contribution < 1.29 is 9.00 Å². The average molecular weight is 312 g/mol. The maximum absolute atomic E-state index is 12.7. The molecule has 0 aromatic heterocycles. The third kappa shape index (κ3) is 3.50. The Kier molecular flexibility index (Phi) is 4.99. The van der Waals surface area contributed by atoms with Gasteiger partial charge in [-0.15, -0.1) is 0 Å². The quantitative estimate of drug-likeness (QED) is 0.775. The number of nitrogens with zero attached hydrogens (tertiary/aromatic N) is 2. The first-order valence-electron chi connectivity index (χ1n) is 8.52. The van der Waals surface area contributed by atoms with E-state index >= 15 is 0 Å². The predicted molar refractivity (Wildman–Crippen MR) is 85.6 cm³/mol. The van der Waals surface area contributed by atoms with Crippen LogP contribution in [0.25, 0.3) is 0 Å². The Hall–Kier alpha value is -0.420. The number of amides is 1. The lowest BCUT2D eigenvalue weighted by atomic mass is 9.72. The van der Waals surface area contributed by atoms with E-state index in [9.17, 15) is 9.00 Å². The second-order valence-corrected chi connectivity index (χ2v) is 8.69. The molecule has 3 fully saturated rings. The summed E-state index contributed by atoms with van der Waals surface area (Å²) in [7, 11) is -0.658. The molecule has 1 amide bonds. The molecule has 5 heteroatoms. The van der Waals surface area contributed by atoms with Gasteiger partial charge in [0.05, 0.1) is 6.54 Å². The minimum atomic E-state index is -0.658. The van der Waals surface area contributed by atoms with Crippen molar-refractivity contribution in [1.82, 2.24) is 9.80 Å². The van der Waals surface area contributed by atoms with Gasteiger partial charge in [-0.05, 0) is 31.1 Å². The summed E-state index contributed by atoms with van der Waals surface area (Å²) in [5.41, 5.74) is 0. The van der Waals surface area contributed by atoms with Crippen molar-refractivity contribution in [2.24, 2.45) is 11.8 Å². The van der Waals surface area contributed by atoms with Crippen molar-refractivity contribution in [3.63, 3.8) is 0 Å². The molecule has 2 saturated heterocycles. The number of piperidine rings is 1. The molecule has 3 rings (SSSR count). The van der Waals surface area contributed by atoms with Gasteiger partial charge >= 0.3 is 0 Å². The lowest BCUT2D eigenvalue weighted by Gasteiger charge is -2.47. The van der Waals surface area contributed by atoms with E-state index in [-0.39, 0.29) is 0 Å². The molecule has 0 bridgehead atoms. The largest absolute Gasteiger partial charge is 0.338 e. The molecule has 0 aromatic carbocycles. The van der Waals surface area contributed by atoms with Crippen molar-refractivity contribution in [3.8, 4) is 0 Å². The smallest absolute Gasteiger partial charge is 0.237 e. The van der Waals surface area contributed by atoms with Crippen molar-refractivity contribution in [1.29, 1.82) is 0 Å². The summed E-state index contributed by atoms with van der Waals surface area (Å²) >= 11 is 0. The highest BCUT2D eigenvalue weighted by atomic mass is 32.2. The van der Waals surface area contributed by atoms with Gasteiger partial charge in [0, 0.05) is 48.0 Å². The van der Waals surface area contributed by atoms with Gasteiger partial charge in [0.1, 0.15) is 0 Å². The van der Waals surface area contributed by atoms with E-state index in [1.54, 1.807) is 0 Å². The van der Waals surface area contributed by atoms with Gasteiger partial charge in [-0.25, -0.2) is 0 Å². The van der Waals surface area contributed by atoms with Gasteiger partial charge in [0.15, 0.2) is 0 Å². The van der Waals surface area contributed by atoms with Crippen LogP contribution in [0.5, 0.6) is 0 Å². The molecular formula is C16H28N2O2S. The van der Waals surface area contributed by atoms with Crippen molar-refractivity contribution in [2.45, 2.75) is 45.1 Å². The van der Waals surface area contributed by atoms with Gasteiger partial charge in [-0.2, -0.15) is 0 Å². The van der Waals surface area contributed by atoms with Crippen LogP contribution >= 0.6 is 0 Å². The van der Waals surface area contributed by atoms with Crippen LogP contribution in [0.1, 0.15) is 39.0 Å². The lowest BCUT2D eigenvalue weighted by molar-refractivity contribution is -0.140. The Labute approximate surface area is 130 Å². The summed E-state index contributed by atoms with van der Waals surface area (Å²) in [6.45, 7) is 5.48. The molecule has 1 saturated carbocycles. The molecule has 0 spiro atoms. The molecule has 0 unspecified atom stereocenters. The van der Waals surface area contributed by atoms with Gasteiger partial charge in [0.2, 0.25) is 5.91 Å². The Bertz CT molecular complexity index is 405. The van der Waals surface area contributed by atoms with Crippen LogP contribution < -0.4 is 0 Å². The molecule has 0 radical (unpaired) electrons. The minimum absolute atomic E-state index is 0.312. The van der Waals surface area contributed by atoms with E-state index in [2.05, 4.69) is 16.7 Å². The number of hydrogen-bond donors (Lipinski definition) is 0. The fourth-order valence-electron chi connectivity index (χ4n) is 4.34. The molecule has 0 N–H and O–H groups in total. The van der Waals surface area contributed by atoms with Crippen molar-refractivity contribution in [2.75, 3.05) is 37.7 Å². The second kappa shape index (κ2) is 6.78. The zero-order chi connectivity index (χ0) is 14.8. The average Bonchev–Trinajstić information content (AvgIpc) is 2.50. The number of carbonyl (C=O) groups excluding carboxylic acids is 1. The fourth-order valence-corrected chi connectivity index (χ4v) is 5.47. The highest BCUT2D eigenvalue weighted by Crippen LogP contribution is 2.38. The summed E-state index contributed by atoms with van der Waals surface area (Å²) in [5.74, 6) is 3.28. The molecule has 3 aliphatic rings. The molecule has 120 valence electrons. The maximum Gasteiger partial charge on any atom is 0.237 e. The van der Waals surface area contributed by atoms with Crippen molar-refractivity contribution >= 4 is 16.7 Å². The van der Waals surface area contributed by atoms with E-state index < -0.39 is 10.8 Å². The summed E-state index contributed by atoms with van der Waals surface area (Å²) in [5, 5.41) is 0. The Morgan fingerprint density at radius 2 is 1.81 bits per heavy atom. The highest BCUT2D eigenvalue weighted by molar-refractivity contribution is 7.85. The maximum atomic E-state index is 12.7. The standard InChI is InChI=1S/C16H28N2O2S/c1-13-6-7-18(15-5-3-2-4-14(13)15)16(19)12-17-8-10-21(20)11-9-17/h13-15H,2-12H2,1H3/t13-,14+,15-/m1/s1. The van der Waals surface area contributed by atoms with Crippen LogP contribution in [0.2, 0.25) is 0 Å². The zero-order valence-electron chi connectivity index (χ0n) is 13.1. The van der Waals surface area contributed by atoms with Crippen LogP contribution in [0.4, 0.5) is 0 Å². The van der Waals surface area contributed by atoms with Crippen LogP contribution in [0.15, 0.2) is 0 Å².